The van der Waals surface area contributed by atoms with Crippen LogP contribution in [0.1, 0.15) is 40.3 Å². The molecule has 0 spiro atoms. The minimum atomic E-state index is -0.854. The van der Waals surface area contributed by atoms with E-state index in [0.717, 1.165) is 17.1 Å². The summed E-state index contributed by atoms with van der Waals surface area (Å²) in [4.78, 5) is 32.9. The largest absolute Gasteiger partial charge is 0.389 e. The first-order chi connectivity index (χ1) is 14.3. The van der Waals surface area contributed by atoms with Gasteiger partial charge in [-0.2, -0.15) is 5.10 Å². The molecule has 1 aliphatic heterocycles. The Bertz CT molecular complexity index is 1160. The Morgan fingerprint density at radius 3 is 2.70 bits per heavy atom. The molecule has 3 aromatic rings. The molecule has 0 bridgehead atoms. The summed E-state index contributed by atoms with van der Waals surface area (Å²) >= 11 is 0. The van der Waals surface area contributed by atoms with E-state index in [1.54, 1.807) is 30.8 Å². The maximum Gasteiger partial charge on any atom is 0.269 e. The second-order valence-corrected chi connectivity index (χ2v) is 8.00. The highest BCUT2D eigenvalue weighted by molar-refractivity contribution is 5.92. The number of aliphatic hydroxyl groups is 1. The number of aryl methyl sites for hydroxylation is 2. The van der Waals surface area contributed by atoms with Crippen molar-refractivity contribution in [3.63, 3.8) is 0 Å². The Balaban J connectivity index is 1.46. The van der Waals surface area contributed by atoms with Gasteiger partial charge in [0.05, 0.1) is 22.7 Å². The fourth-order valence-electron chi connectivity index (χ4n) is 4.00. The number of aromatic amines is 1. The number of carbonyl (C=O) groups is 1. The van der Waals surface area contributed by atoms with Gasteiger partial charge in [0, 0.05) is 44.4 Å². The molecule has 0 atom stereocenters. The number of H-pyrrole nitrogens is 1. The molecule has 0 aliphatic carbocycles. The van der Waals surface area contributed by atoms with Crippen LogP contribution in [-0.4, -0.2) is 56.3 Å². The van der Waals surface area contributed by atoms with Crippen LogP contribution in [0.5, 0.6) is 0 Å². The van der Waals surface area contributed by atoms with Gasteiger partial charge in [0.2, 0.25) is 0 Å². The first-order valence-electron chi connectivity index (χ1n) is 10.0. The van der Waals surface area contributed by atoms with E-state index in [1.165, 1.54) is 0 Å². The summed E-state index contributed by atoms with van der Waals surface area (Å²) < 4.78 is 1.65. The number of nitrogens with one attached hydrogen (secondary N) is 2. The van der Waals surface area contributed by atoms with Crippen molar-refractivity contribution in [1.29, 1.82) is 0 Å². The zero-order chi connectivity index (χ0) is 21.5. The van der Waals surface area contributed by atoms with Crippen molar-refractivity contribution in [3.8, 4) is 0 Å². The first kappa shape index (κ1) is 20.1. The van der Waals surface area contributed by atoms with Gasteiger partial charge in [-0.1, -0.05) is 0 Å². The van der Waals surface area contributed by atoms with Gasteiger partial charge in [-0.25, -0.2) is 9.50 Å². The number of anilines is 1. The number of aromatic nitrogens is 4. The quantitative estimate of drug-likeness (QED) is 0.590. The average molecular weight is 410 g/mol. The van der Waals surface area contributed by atoms with E-state index in [-0.39, 0.29) is 11.5 Å². The number of rotatable bonds is 4. The molecule has 1 aliphatic rings. The SMILES string of the molecule is CNC(=O)c1ccc(N2CCC(O)(Cc3cc4[nH]c(=O)c(C)cn4n3)CC2)c(C)n1. The molecule has 30 heavy (non-hydrogen) atoms. The average Bonchev–Trinajstić information content (AvgIpc) is 3.08. The molecular weight excluding hydrogens is 384 g/mol. The van der Waals surface area contributed by atoms with Gasteiger partial charge in [0.1, 0.15) is 11.3 Å². The standard InChI is InChI=1S/C21H26N6O3/c1-13-12-27-18(24-19(13)28)10-15(25-27)11-21(30)6-8-26(9-7-21)17-5-4-16(20(29)22-3)23-14(17)2/h4-5,10,12,30H,6-9,11H2,1-3H3,(H,22,29)(H,24,28). The third-order valence-electron chi connectivity index (χ3n) is 5.76. The summed E-state index contributed by atoms with van der Waals surface area (Å²) in [7, 11) is 1.58. The highest BCUT2D eigenvalue weighted by atomic mass is 16.3. The Hall–Kier alpha value is -3.20. The molecule has 1 saturated heterocycles. The molecular formula is C21H26N6O3. The van der Waals surface area contributed by atoms with Gasteiger partial charge < -0.3 is 20.3 Å². The van der Waals surface area contributed by atoms with E-state index in [4.69, 9.17) is 0 Å². The molecule has 1 fully saturated rings. The fourth-order valence-corrected chi connectivity index (χ4v) is 4.00. The molecule has 4 heterocycles. The summed E-state index contributed by atoms with van der Waals surface area (Å²) in [6, 6.07) is 5.45. The third-order valence-corrected chi connectivity index (χ3v) is 5.76. The van der Waals surface area contributed by atoms with Crippen LogP contribution < -0.4 is 15.8 Å². The zero-order valence-electron chi connectivity index (χ0n) is 17.4. The summed E-state index contributed by atoms with van der Waals surface area (Å²) in [6.07, 6.45) is 3.30. The van der Waals surface area contributed by atoms with Crippen LogP contribution >= 0.6 is 0 Å². The Morgan fingerprint density at radius 1 is 1.30 bits per heavy atom. The first-order valence-corrected chi connectivity index (χ1v) is 10.0. The molecule has 4 rings (SSSR count). The molecule has 0 aromatic carbocycles. The Morgan fingerprint density at radius 2 is 2.03 bits per heavy atom. The number of fused-ring (bicyclic) bond motifs is 1. The van der Waals surface area contributed by atoms with Gasteiger partial charge >= 0.3 is 0 Å². The molecule has 1 amide bonds. The fraction of sp³-hybridized carbons (Fsp3) is 0.429. The number of nitrogens with zero attached hydrogens (tertiary/aromatic N) is 4. The van der Waals surface area contributed by atoms with E-state index in [0.29, 0.717) is 49.3 Å². The second-order valence-electron chi connectivity index (χ2n) is 8.00. The predicted molar refractivity (Wildman–Crippen MR) is 113 cm³/mol. The molecule has 0 saturated carbocycles. The number of carbonyl (C=O) groups excluding carboxylic acids is 1. The van der Waals surface area contributed by atoms with E-state index in [2.05, 4.69) is 25.3 Å². The third kappa shape index (κ3) is 3.80. The molecule has 0 unspecified atom stereocenters. The monoisotopic (exact) mass is 410 g/mol. The second kappa shape index (κ2) is 7.56. The topological polar surface area (TPSA) is 116 Å². The van der Waals surface area contributed by atoms with Crippen molar-refractivity contribution in [3.05, 3.63) is 57.4 Å². The van der Waals surface area contributed by atoms with Gasteiger partial charge in [-0.15, -0.1) is 0 Å². The van der Waals surface area contributed by atoms with E-state index >= 15 is 0 Å². The summed E-state index contributed by atoms with van der Waals surface area (Å²) in [5.74, 6) is -0.207. The van der Waals surface area contributed by atoms with Crippen LogP contribution in [0.3, 0.4) is 0 Å². The van der Waals surface area contributed by atoms with Crippen LogP contribution in [-0.2, 0) is 6.42 Å². The normalized spacial score (nSPS) is 16.1. The maximum atomic E-state index is 11.8. The predicted octanol–water partition coefficient (Wildman–Crippen LogP) is 0.968. The Labute approximate surface area is 173 Å². The lowest BCUT2D eigenvalue weighted by molar-refractivity contribution is 0.0156. The highest BCUT2D eigenvalue weighted by Gasteiger charge is 2.34. The van der Waals surface area contributed by atoms with Crippen LogP contribution in [0.25, 0.3) is 5.65 Å². The number of hydrogen-bond donors (Lipinski definition) is 3. The van der Waals surface area contributed by atoms with Crippen LogP contribution in [0, 0.1) is 13.8 Å². The Kier molecular flexibility index (Phi) is 5.07. The number of amides is 1. The van der Waals surface area contributed by atoms with E-state index in [1.807, 2.05) is 19.1 Å². The van der Waals surface area contributed by atoms with Gasteiger partial charge in [-0.3, -0.25) is 9.59 Å². The number of hydrogen-bond acceptors (Lipinski definition) is 6. The maximum absolute atomic E-state index is 11.8. The molecule has 9 heteroatoms. The lowest BCUT2D eigenvalue weighted by Gasteiger charge is -2.39. The minimum Gasteiger partial charge on any atom is -0.389 e. The molecule has 3 aromatic heterocycles. The highest BCUT2D eigenvalue weighted by Crippen LogP contribution is 2.30. The minimum absolute atomic E-state index is 0.132. The summed E-state index contributed by atoms with van der Waals surface area (Å²) in [5.41, 5.74) is 3.15. The van der Waals surface area contributed by atoms with Gasteiger partial charge in [-0.05, 0) is 38.8 Å². The van der Waals surface area contributed by atoms with E-state index < -0.39 is 5.60 Å². The molecule has 9 nitrogen and oxygen atoms in total. The van der Waals surface area contributed by atoms with Crippen LogP contribution in [0.15, 0.2) is 29.2 Å². The van der Waals surface area contributed by atoms with E-state index in [9.17, 15) is 14.7 Å². The van der Waals surface area contributed by atoms with Crippen molar-refractivity contribution >= 4 is 17.2 Å². The van der Waals surface area contributed by atoms with Crippen molar-refractivity contribution < 1.29 is 9.90 Å². The van der Waals surface area contributed by atoms with Crippen molar-refractivity contribution in [1.82, 2.24) is 24.9 Å². The molecule has 158 valence electrons. The van der Waals surface area contributed by atoms with Crippen LogP contribution in [0.4, 0.5) is 5.69 Å². The number of piperidine rings is 1. The number of pyridine rings is 1. The summed E-state index contributed by atoms with van der Waals surface area (Å²) in [6.45, 7) is 4.99. The van der Waals surface area contributed by atoms with Crippen molar-refractivity contribution in [2.75, 3.05) is 25.0 Å². The smallest absolute Gasteiger partial charge is 0.269 e. The lowest BCUT2D eigenvalue weighted by atomic mass is 9.87. The van der Waals surface area contributed by atoms with Crippen molar-refractivity contribution in [2.24, 2.45) is 0 Å². The van der Waals surface area contributed by atoms with Gasteiger partial charge in [0.15, 0.2) is 0 Å². The lowest BCUT2D eigenvalue weighted by Crippen LogP contribution is -2.46. The van der Waals surface area contributed by atoms with Crippen molar-refractivity contribution in [2.45, 2.75) is 38.7 Å². The summed E-state index contributed by atoms with van der Waals surface area (Å²) in [5, 5.41) is 18.2. The van der Waals surface area contributed by atoms with Gasteiger partial charge in [0.25, 0.3) is 11.5 Å². The zero-order valence-corrected chi connectivity index (χ0v) is 17.4. The molecule has 3 N–H and O–H groups in total. The van der Waals surface area contributed by atoms with Crippen LogP contribution in [0.2, 0.25) is 0 Å². The molecule has 0 radical (unpaired) electrons.